The number of hydrogen-bond donors (Lipinski definition) is 2. The van der Waals surface area contributed by atoms with Crippen LogP contribution in [0.4, 0.5) is 0 Å². The highest BCUT2D eigenvalue weighted by atomic mass is 15.2. The van der Waals surface area contributed by atoms with E-state index in [1.54, 1.807) is 0 Å². The van der Waals surface area contributed by atoms with Gasteiger partial charge in [0, 0.05) is 23.9 Å². The van der Waals surface area contributed by atoms with Crippen LogP contribution >= 0.6 is 0 Å². The van der Waals surface area contributed by atoms with Crippen LogP contribution in [0.15, 0.2) is 18.3 Å². The molecule has 2 rings (SSSR count). The summed E-state index contributed by atoms with van der Waals surface area (Å²) in [6, 6.07) is 4.56. The maximum atomic E-state index is 5.71. The molecule has 0 radical (unpaired) electrons. The first-order chi connectivity index (χ1) is 7.77. The normalized spacial score (nSPS) is 22.8. The predicted molar refractivity (Wildman–Crippen MR) is 65.9 cm³/mol. The summed E-state index contributed by atoms with van der Waals surface area (Å²) in [6.07, 6.45) is 5.35. The Bertz CT molecular complexity index is 351. The van der Waals surface area contributed by atoms with Gasteiger partial charge in [0.25, 0.3) is 0 Å². The summed E-state index contributed by atoms with van der Waals surface area (Å²) in [6.45, 7) is 4.47. The van der Waals surface area contributed by atoms with E-state index in [9.17, 15) is 0 Å². The van der Waals surface area contributed by atoms with Crippen molar-refractivity contribution in [3.63, 3.8) is 0 Å². The number of hydrazine groups is 1. The summed E-state index contributed by atoms with van der Waals surface area (Å²) in [5.74, 6) is 6.78. The summed E-state index contributed by atoms with van der Waals surface area (Å²) in [7, 11) is 0. The van der Waals surface area contributed by atoms with E-state index in [4.69, 9.17) is 5.84 Å². The average Bonchev–Trinajstić information content (AvgIpc) is 2.74. The molecule has 3 nitrogen and oxygen atoms in total. The monoisotopic (exact) mass is 219 g/mol. The molecule has 3 N–H and O–H groups in total. The molecule has 1 heterocycles. The van der Waals surface area contributed by atoms with E-state index in [-0.39, 0.29) is 0 Å². The number of nitrogens with zero attached hydrogens (tertiary/aromatic N) is 1. The Morgan fingerprint density at radius 3 is 3.12 bits per heavy atom. The number of fused-ring (bicyclic) bond motifs is 1. The molecule has 0 saturated heterocycles. The lowest BCUT2D eigenvalue weighted by atomic mass is 9.86. The molecule has 1 aromatic rings. The van der Waals surface area contributed by atoms with Crippen molar-refractivity contribution in [3.05, 3.63) is 29.6 Å². The van der Waals surface area contributed by atoms with E-state index in [1.807, 2.05) is 12.3 Å². The highest BCUT2D eigenvalue weighted by molar-refractivity contribution is 5.30. The molecule has 0 aliphatic heterocycles. The first kappa shape index (κ1) is 11.6. The van der Waals surface area contributed by atoms with Crippen LogP contribution in [0, 0.1) is 5.92 Å². The van der Waals surface area contributed by atoms with Gasteiger partial charge < -0.3 is 0 Å². The summed E-state index contributed by atoms with van der Waals surface area (Å²) < 4.78 is 0. The van der Waals surface area contributed by atoms with Crippen LogP contribution in [0.1, 0.15) is 43.9 Å². The number of pyridine rings is 1. The SMILES string of the molecule is CCC(C)C(NN)C1CCc2cccnc21. The minimum Gasteiger partial charge on any atom is -0.271 e. The maximum Gasteiger partial charge on any atom is 0.0482 e. The summed E-state index contributed by atoms with van der Waals surface area (Å²) in [4.78, 5) is 4.53. The quantitative estimate of drug-likeness (QED) is 0.601. The van der Waals surface area contributed by atoms with Crippen LogP contribution in [0.3, 0.4) is 0 Å². The van der Waals surface area contributed by atoms with Gasteiger partial charge in [0.1, 0.15) is 0 Å². The first-order valence-corrected chi connectivity index (χ1v) is 6.17. The zero-order valence-electron chi connectivity index (χ0n) is 10.1. The highest BCUT2D eigenvalue weighted by Gasteiger charge is 2.32. The molecule has 0 saturated carbocycles. The van der Waals surface area contributed by atoms with E-state index in [1.165, 1.54) is 17.7 Å². The third kappa shape index (κ3) is 1.97. The molecule has 1 aromatic heterocycles. The van der Waals surface area contributed by atoms with Crippen LogP contribution in [-0.2, 0) is 6.42 Å². The van der Waals surface area contributed by atoms with Gasteiger partial charge in [0.15, 0.2) is 0 Å². The van der Waals surface area contributed by atoms with E-state index in [0.29, 0.717) is 17.9 Å². The minimum atomic E-state index is 0.348. The summed E-state index contributed by atoms with van der Waals surface area (Å²) in [5.41, 5.74) is 5.65. The molecule has 0 amide bonds. The number of nitrogens with two attached hydrogens (primary N) is 1. The highest BCUT2D eigenvalue weighted by Crippen LogP contribution is 2.36. The molecular formula is C13H21N3. The second-order valence-electron chi connectivity index (χ2n) is 4.77. The summed E-state index contributed by atoms with van der Waals surface area (Å²) >= 11 is 0. The van der Waals surface area contributed by atoms with Crippen LogP contribution in [0.25, 0.3) is 0 Å². The average molecular weight is 219 g/mol. The van der Waals surface area contributed by atoms with Crippen molar-refractivity contribution in [2.45, 2.75) is 45.1 Å². The molecule has 88 valence electrons. The van der Waals surface area contributed by atoms with Crippen molar-refractivity contribution >= 4 is 0 Å². The van der Waals surface area contributed by atoms with Gasteiger partial charge in [0.2, 0.25) is 0 Å². The summed E-state index contributed by atoms with van der Waals surface area (Å²) in [5, 5.41) is 0. The molecule has 16 heavy (non-hydrogen) atoms. The van der Waals surface area contributed by atoms with Crippen LogP contribution in [0.2, 0.25) is 0 Å². The van der Waals surface area contributed by atoms with Gasteiger partial charge in [-0.1, -0.05) is 26.3 Å². The van der Waals surface area contributed by atoms with Gasteiger partial charge >= 0.3 is 0 Å². The zero-order chi connectivity index (χ0) is 11.5. The maximum absolute atomic E-state index is 5.71. The molecule has 0 bridgehead atoms. The number of aryl methyl sites for hydroxylation is 1. The second kappa shape index (κ2) is 4.93. The van der Waals surface area contributed by atoms with Crippen molar-refractivity contribution in [3.8, 4) is 0 Å². The molecule has 1 aliphatic rings. The largest absolute Gasteiger partial charge is 0.271 e. The molecule has 1 aliphatic carbocycles. The Morgan fingerprint density at radius 1 is 1.62 bits per heavy atom. The zero-order valence-corrected chi connectivity index (χ0v) is 10.1. The lowest BCUT2D eigenvalue weighted by Gasteiger charge is -2.28. The van der Waals surface area contributed by atoms with Gasteiger partial charge in [-0.3, -0.25) is 16.3 Å². The number of aromatic nitrogens is 1. The Labute approximate surface area is 97.4 Å². The molecule has 3 unspecified atom stereocenters. The molecule has 0 spiro atoms. The Hall–Kier alpha value is -0.930. The molecule has 3 heteroatoms. The fraction of sp³-hybridized carbons (Fsp3) is 0.615. The minimum absolute atomic E-state index is 0.348. The molecule has 0 fully saturated rings. The Balaban J connectivity index is 2.23. The van der Waals surface area contributed by atoms with Gasteiger partial charge in [-0.2, -0.15) is 0 Å². The number of nitrogens with one attached hydrogen (secondary N) is 1. The van der Waals surface area contributed by atoms with Gasteiger partial charge in [-0.25, -0.2) is 0 Å². The van der Waals surface area contributed by atoms with Crippen molar-refractivity contribution in [1.82, 2.24) is 10.4 Å². The molecular weight excluding hydrogens is 198 g/mol. The van der Waals surface area contributed by atoms with E-state index < -0.39 is 0 Å². The van der Waals surface area contributed by atoms with E-state index in [2.05, 4.69) is 30.3 Å². The van der Waals surface area contributed by atoms with Crippen molar-refractivity contribution in [2.24, 2.45) is 11.8 Å². The molecule has 3 atom stereocenters. The van der Waals surface area contributed by atoms with Crippen molar-refractivity contribution < 1.29 is 0 Å². The lowest BCUT2D eigenvalue weighted by Crippen LogP contribution is -2.43. The fourth-order valence-corrected chi connectivity index (χ4v) is 2.72. The predicted octanol–water partition coefficient (Wildman–Crippen LogP) is 1.99. The third-order valence-electron chi connectivity index (χ3n) is 3.88. The van der Waals surface area contributed by atoms with Crippen molar-refractivity contribution in [1.29, 1.82) is 0 Å². The standard InChI is InChI=1S/C13H21N3/c1-3-9(2)12(16-14)11-7-6-10-5-4-8-15-13(10)11/h4-5,8-9,11-12,16H,3,6-7,14H2,1-2H3. The lowest BCUT2D eigenvalue weighted by molar-refractivity contribution is 0.315. The van der Waals surface area contributed by atoms with Gasteiger partial charge in [-0.15, -0.1) is 0 Å². The smallest absolute Gasteiger partial charge is 0.0482 e. The van der Waals surface area contributed by atoms with Crippen LogP contribution in [-0.4, -0.2) is 11.0 Å². The van der Waals surface area contributed by atoms with E-state index in [0.717, 1.165) is 12.8 Å². The first-order valence-electron chi connectivity index (χ1n) is 6.17. The van der Waals surface area contributed by atoms with Crippen LogP contribution < -0.4 is 11.3 Å². The van der Waals surface area contributed by atoms with Crippen LogP contribution in [0.5, 0.6) is 0 Å². The number of hydrogen-bond acceptors (Lipinski definition) is 3. The second-order valence-corrected chi connectivity index (χ2v) is 4.77. The molecule has 0 aromatic carbocycles. The third-order valence-corrected chi connectivity index (χ3v) is 3.88. The van der Waals surface area contributed by atoms with Crippen molar-refractivity contribution in [2.75, 3.05) is 0 Å². The topological polar surface area (TPSA) is 50.9 Å². The fourth-order valence-electron chi connectivity index (χ4n) is 2.72. The number of rotatable bonds is 4. The Kier molecular flexibility index (Phi) is 3.56. The Morgan fingerprint density at radius 2 is 2.44 bits per heavy atom. The van der Waals surface area contributed by atoms with Gasteiger partial charge in [0.05, 0.1) is 0 Å². The van der Waals surface area contributed by atoms with E-state index >= 15 is 0 Å². The van der Waals surface area contributed by atoms with Gasteiger partial charge in [-0.05, 0) is 30.4 Å².